The topological polar surface area (TPSA) is 70.4 Å². The number of hydrogen-bond acceptors (Lipinski definition) is 4. The van der Waals surface area contributed by atoms with Crippen LogP contribution in [0.1, 0.15) is 49.7 Å². The Labute approximate surface area is 148 Å². The molecule has 0 radical (unpaired) electrons. The predicted molar refractivity (Wildman–Crippen MR) is 96.1 cm³/mol. The van der Waals surface area contributed by atoms with Crippen LogP contribution in [0.4, 0.5) is 4.79 Å². The maximum Gasteiger partial charge on any atom is 0.315 e. The fourth-order valence-corrected chi connectivity index (χ4v) is 3.26. The number of carbonyl (C=O) groups is 1. The number of furan rings is 1. The van der Waals surface area contributed by atoms with Crippen LogP contribution in [0.25, 0.3) is 0 Å². The Bertz CT molecular complexity index is 639. The first kappa shape index (κ1) is 17.5. The molecule has 0 unspecified atom stereocenters. The Morgan fingerprint density at radius 3 is 2.76 bits per heavy atom. The summed E-state index contributed by atoms with van der Waals surface area (Å²) in [5.74, 6) is 0.903. The number of likely N-dealkylation sites (tertiary alicyclic amines) is 1. The summed E-state index contributed by atoms with van der Waals surface area (Å²) in [6.07, 6.45) is 7.08. The van der Waals surface area contributed by atoms with Gasteiger partial charge in [0, 0.05) is 12.7 Å². The zero-order chi connectivity index (χ0) is 17.5. The molecule has 25 heavy (non-hydrogen) atoms. The molecule has 0 spiro atoms. The average molecular weight is 342 g/mol. The van der Waals surface area contributed by atoms with Gasteiger partial charge in [-0.2, -0.15) is 0 Å². The van der Waals surface area contributed by atoms with E-state index in [4.69, 9.17) is 4.42 Å². The molecule has 6 heteroatoms. The van der Waals surface area contributed by atoms with Gasteiger partial charge in [-0.15, -0.1) is 0 Å². The third kappa shape index (κ3) is 4.82. The minimum Gasteiger partial charge on any atom is -0.468 e. The van der Waals surface area contributed by atoms with Gasteiger partial charge in [-0.1, -0.05) is 12.5 Å². The first-order valence-corrected chi connectivity index (χ1v) is 8.97. The quantitative estimate of drug-likeness (QED) is 0.845. The minimum atomic E-state index is -0.188. The molecule has 2 N–H and O–H groups in total. The summed E-state index contributed by atoms with van der Waals surface area (Å²) in [5.41, 5.74) is 0.844. The molecule has 1 saturated heterocycles. The summed E-state index contributed by atoms with van der Waals surface area (Å²) in [6.45, 7) is 4.53. The molecular weight excluding hydrogens is 316 g/mol. The van der Waals surface area contributed by atoms with Crippen molar-refractivity contribution in [1.82, 2.24) is 20.5 Å². The second-order valence-corrected chi connectivity index (χ2v) is 6.46. The molecule has 6 nitrogen and oxygen atoms in total. The first-order valence-electron chi connectivity index (χ1n) is 8.97. The van der Waals surface area contributed by atoms with Crippen LogP contribution >= 0.6 is 0 Å². The molecule has 1 aliphatic rings. The van der Waals surface area contributed by atoms with Gasteiger partial charge in [0.25, 0.3) is 0 Å². The fraction of sp³-hybridized carbons (Fsp3) is 0.474. The largest absolute Gasteiger partial charge is 0.468 e. The molecule has 0 aliphatic carbocycles. The lowest BCUT2D eigenvalue weighted by Gasteiger charge is -2.33. The Morgan fingerprint density at radius 2 is 2.08 bits per heavy atom. The number of piperidine rings is 1. The van der Waals surface area contributed by atoms with E-state index in [1.165, 1.54) is 19.3 Å². The van der Waals surface area contributed by atoms with Crippen LogP contribution in [-0.4, -0.2) is 35.5 Å². The molecule has 0 aromatic carbocycles. The number of pyridine rings is 1. The van der Waals surface area contributed by atoms with Crippen LogP contribution in [0.5, 0.6) is 0 Å². The van der Waals surface area contributed by atoms with Gasteiger partial charge in [-0.05, 0) is 57.1 Å². The standard InChI is InChI=1S/C19H26N4O2/c1-15(16-8-3-4-10-20-16)22-19(24)21-14-17(18-9-7-13-25-18)23-11-5-2-6-12-23/h3-4,7-10,13,15,17H,2,5-6,11-12,14H2,1H3,(H2,21,22,24)/t15-,17-/m0/s1. The van der Waals surface area contributed by atoms with Crippen molar-refractivity contribution in [2.75, 3.05) is 19.6 Å². The fourth-order valence-electron chi connectivity index (χ4n) is 3.26. The molecule has 3 heterocycles. The number of nitrogens with one attached hydrogen (secondary N) is 2. The number of urea groups is 1. The van der Waals surface area contributed by atoms with Gasteiger partial charge in [-0.25, -0.2) is 4.79 Å². The van der Waals surface area contributed by atoms with E-state index in [2.05, 4.69) is 20.5 Å². The molecule has 1 aliphatic heterocycles. The van der Waals surface area contributed by atoms with Crippen LogP contribution in [0.3, 0.4) is 0 Å². The molecule has 2 amide bonds. The normalized spacial score (nSPS) is 17.6. The number of nitrogens with zero attached hydrogens (tertiary/aromatic N) is 2. The second kappa shape index (κ2) is 8.67. The summed E-state index contributed by atoms with van der Waals surface area (Å²) in [7, 11) is 0. The summed E-state index contributed by atoms with van der Waals surface area (Å²) in [4.78, 5) is 19.0. The van der Waals surface area contributed by atoms with Crippen molar-refractivity contribution < 1.29 is 9.21 Å². The molecule has 2 aromatic heterocycles. The van der Waals surface area contributed by atoms with Crippen molar-refractivity contribution >= 4 is 6.03 Å². The zero-order valence-corrected chi connectivity index (χ0v) is 14.6. The summed E-state index contributed by atoms with van der Waals surface area (Å²) >= 11 is 0. The lowest BCUT2D eigenvalue weighted by Crippen LogP contribution is -2.44. The highest BCUT2D eigenvalue weighted by Crippen LogP contribution is 2.24. The van der Waals surface area contributed by atoms with Crippen molar-refractivity contribution in [3.05, 3.63) is 54.2 Å². The maximum absolute atomic E-state index is 12.3. The second-order valence-electron chi connectivity index (χ2n) is 6.46. The molecule has 2 aromatic rings. The molecule has 2 atom stereocenters. The van der Waals surface area contributed by atoms with Crippen molar-refractivity contribution in [2.24, 2.45) is 0 Å². The zero-order valence-electron chi connectivity index (χ0n) is 14.6. The van der Waals surface area contributed by atoms with Crippen LogP contribution in [-0.2, 0) is 0 Å². The Morgan fingerprint density at radius 1 is 1.24 bits per heavy atom. The van der Waals surface area contributed by atoms with E-state index in [9.17, 15) is 4.79 Å². The highest BCUT2D eigenvalue weighted by molar-refractivity contribution is 5.74. The van der Waals surface area contributed by atoms with Gasteiger partial charge in [0.1, 0.15) is 5.76 Å². The van der Waals surface area contributed by atoms with Crippen LogP contribution in [0.15, 0.2) is 47.2 Å². The van der Waals surface area contributed by atoms with E-state index in [1.54, 1.807) is 12.5 Å². The van der Waals surface area contributed by atoms with Gasteiger partial charge < -0.3 is 15.1 Å². The third-order valence-corrected chi connectivity index (χ3v) is 4.64. The minimum absolute atomic E-state index is 0.0752. The van der Waals surface area contributed by atoms with Crippen molar-refractivity contribution in [2.45, 2.75) is 38.3 Å². The summed E-state index contributed by atoms with van der Waals surface area (Å²) < 4.78 is 5.61. The molecule has 1 fully saturated rings. The predicted octanol–water partition coefficient (Wildman–Crippen LogP) is 3.26. The van der Waals surface area contributed by atoms with Crippen LogP contribution in [0, 0.1) is 0 Å². The van der Waals surface area contributed by atoms with E-state index < -0.39 is 0 Å². The van der Waals surface area contributed by atoms with Gasteiger partial charge in [0.2, 0.25) is 0 Å². The smallest absolute Gasteiger partial charge is 0.315 e. The molecular formula is C19H26N4O2. The lowest BCUT2D eigenvalue weighted by atomic mass is 10.1. The first-order chi connectivity index (χ1) is 12.2. The van der Waals surface area contributed by atoms with Gasteiger partial charge in [-0.3, -0.25) is 9.88 Å². The summed E-state index contributed by atoms with van der Waals surface area (Å²) in [5, 5.41) is 5.93. The van der Waals surface area contributed by atoms with Crippen LogP contribution in [0.2, 0.25) is 0 Å². The Hall–Kier alpha value is -2.34. The van der Waals surface area contributed by atoms with Crippen molar-refractivity contribution in [3.63, 3.8) is 0 Å². The Kier molecular flexibility index (Phi) is 6.06. The molecule has 0 saturated carbocycles. The molecule has 0 bridgehead atoms. The van der Waals surface area contributed by atoms with E-state index in [1.807, 2.05) is 37.3 Å². The monoisotopic (exact) mass is 342 g/mol. The van der Waals surface area contributed by atoms with Gasteiger partial charge in [0.15, 0.2) is 0 Å². The van der Waals surface area contributed by atoms with Gasteiger partial charge in [0.05, 0.1) is 24.0 Å². The molecule has 134 valence electrons. The SMILES string of the molecule is C[C@H](NC(=O)NC[C@@H](c1ccco1)N1CCCCC1)c1ccccn1. The summed E-state index contributed by atoms with van der Waals surface area (Å²) in [6, 6.07) is 9.32. The third-order valence-electron chi connectivity index (χ3n) is 4.64. The number of rotatable bonds is 6. The maximum atomic E-state index is 12.3. The van der Waals surface area contributed by atoms with Gasteiger partial charge >= 0.3 is 6.03 Å². The highest BCUT2D eigenvalue weighted by atomic mass is 16.3. The number of hydrogen-bond donors (Lipinski definition) is 2. The van der Waals surface area contributed by atoms with E-state index in [0.29, 0.717) is 6.54 Å². The van der Waals surface area contributed by atoms with E-state index in [-0.39, 0.29) is 18.1 Å². The van der Waals surface area contributed by atoms with Crippen molar-refractivity contribution in [3.8, 4) is 0 Å². The average Bonchev–Trinajstić information content (AvgIpc) is 3.18. The number of amides is 2. The highest BCUT2D eigenvalue weighted by Gasteiger charge is 2.25. The number of carbonyl (C=O) groups excluding carboxylic acids is 1. The number of aromatic nitrogens is 1. The Balaban J connectivity index is 1.56. The molecule has 3 rings (SSSR count). The van der Waals surface area contributed by atoms with E-state index >= 15 is 0 Å². The lowest BCUT2D eigenvalue weighted by molar-refractivity contribution is 0.143. The van der Waals surface area contributed by atoms with Crippen LogP contribution < -0.4 is 10.6 Å². The van der Waals surface area contributed by atoms with E-state index in [0.717, 1.165) is 24.5 Å². The van der Waals surface area contributed by atoms with Crippen molar-refractivity contribution in [1.29, 1.82) is 0 Å².